The molecule has 1 fully saturated rings. The molecule has 126 valence electrons. The third kappa shape index (κ3) is 2.44. The molecule has 1 aliphatic heterocycles. The second-order valence-corrected chi connectivity index (χ2v) is 5.92. The van der Waals surface area contributed by atoms with Crippen LogP contribution < -0.4 is 5.73 Å². The van der Waals surface area contributed by atoms with E-state index in [1.165, 1.54) is 6.07 Å². The molecule has 1 amide bonds. The number of halogens is 2. The summed E-state index contributed by atoms with van der Waals surface area (Å²) in [4.78, 5) is 11.5. The number of benzene rings is 2. The van der Waals surface area contributed by atoms with Crippen molar-refractivity contribution in [2.24, 2.45) is 5.73 Å². The topological polar surface area (TPSA) is 57.2 Å². The van der Waals surface area contributed by atoms with Crippen molar-refractivity contribution in [1.29, 1.82) is 0 Å². The predicted octanol–water partition coefficient (Wildman–Crippen LogP) is 3.81. The quantitative estimate of drug-likeness (QED) is 0.765. The van der Waals surface area contributed by atoms with Gasteiger partial charge in [0.1, 0.15) is 0 Å². The number of fused-ring (bicyclic) bond motifs is 3. The highest BCUT2D eigenvalue weighted by Crippen LogP contribution is 2.37. The molecule has 2 aromatic carbocycles. The Kier molecular flexibility index (Phi) is 4.47. The Labute approximate surface area is 144 Å². The summed E-state index contributed by atoms with van der Waals surface area (Å²) < 4.78 is 22.5. The second-order valence-electron chi connectivity index (χ2n) is 5.92. The molecule has 0 saturated carbocycles. The molecule has 0 radical (unpaired) electrons. The minimum atomic E-state index is -0.742. The van der Waals surface area contributed by atoms with Crippen LogP contribution in [-0.2, 0) is 4.74 Å². The maximum atomic E-state index is 15.0. The molecule has 1 aliphatic rings. The van der Waals surface area contributed by atoms with Gasteiger partial charge in [-0.25, -0.2) is 4.39 Å². The van der Waals surface area contributed by atoms with Crippen molar-refractivity contribution >= 4 is 40.1 Å². The molecule has 3 aromatic rings. The Hall–Kier alpha value is -2.11. The SMILES string of the molecule is Cl.NC(=O)c1ccc2c3ccccc3n(C3CCOCC3)c2c1F. The van der Waals surface area contributed by atoms with Crippen LogP contribution in [0, 0.1) is 5.82 Å². The van der Waals surface area contributed by atoms with E-state index < -0.39 is 11.7 Å². The Balaban J connectivity index is 0.00000169. The fraction of sp³-hybridized carbons (Fsp3) is 0.278. The molecule has 2 N–H and O–H groups in total. The van der Waals surface area contributed by atoms with Gasteiger partial charge in [0.05, 0.1) is 11.1 Å². The van der Waals surface area contributed by atoms with Crippen LogP contribution in [0.5, 0.6) is 0 Å². The molecule has 4 rings (SSSR count). The first-order chi connectivity index (χ1) is 11.2. The Bertz CT molecular complexity index is 916. The highest BCUT2D eigenvalue weighted by Gasteiger charge is 2.24. The second kappa shape index (κ2) is 6.42. The summed E-state index contributed by atoms with van der Waals surface area (Å²) in [5.41, 5.74) is 6.71. The van der Waals surface area contributed by atoms with Crippen molar-refractivity contribution in [3.05, 3.63) is 47.8 Å². The van der Waals surface area contributed by atoms with Gasteiger partial charge in [-0.1, -0.05) is 24.3 Å². The number of amides is 1. The maximum Gasteiger partial charge on any atom is 0.251 e. The van der Waals surface area contributed by atoms with E-state index in [1.54, 1.807) is 6.07 Å². The number of ether oxygens (including phenoxy) is 1. The number of nitrogens with zero attached hydrogens (tertiary/aromatic N) is 1. The van der Waals surface area contributed by atoms with Gasteiger partial charge in [0, 0.05) is 35.5 Å². The van der Waals surface area contributed by atoms with E-state index in [2.05, 4.69) is 0 Å². The number of carbonyl (C=O) groups is 1. The fourth-order valence-corrected chi connectivity index (χ4v) is 3.56. The highest BCUT2D eigenvalue weighted by molar-refractivity contribution is 6.10. The first-order valence-electron chi connectivity index (χ1n) is 7.77. The van der Waals surface area contributed by atoms with Crippen LogP contribution in [0.25, 0.3) is 21.8 Å². The molecule has 2 heterocycles. The van der Waals surface area contributed by atoms with Crippen molar-refractivity contribution in [3.8, 4) is 0 Å². The summed E-state index contributed by atoms with van der Waals surface area (Å²) in [5.74, 6) is -1.27. The number of carbonyl (C=O) groups excluding carboxylic acids is 1. The number of aromatic nitrogens is 1. The molecule has 0 atom stereocenters. The molecule has 0 unspecified atom stereocenters. The van der Waals surface area contributed by atoms with Crippen molar-refractivity contribution in [2.75, 3.05) is 13.2 Å². The lowest BCUT2D eigenvalue weighted by atomic mass is 10.1. The van der Waals surface area contributed by atoms with E-state index in [0.717, 1.165) is 29.1 Å². The van der Waals surface area contributed by atoms with Crippen LogP contribution >= 0.6 is 12.4 Å². The van der Waals surface area contributed by atoms with E-state index in [1.807, 2.05) is 28.8 Å². The lowest BCUT2D eigenvalue weighted by molar-refractivity contribution is 0.0716. The molecule has 0 bridgehead atoms. The maximum absolute atomic E-state index is 15.0. The minimum absolute atomic E-state index is 0. The number of hydrogen-bond donors (Lipinski definition) is 1. The zero-order valence-electron chi connectivity index (χ0n) is 13.0. The molecule has 24 heavy (non-hydrogen) atoms. The molecule has 0 aliphatic carbocycles. The van der Waals surface area contributed by atoms with Crippen LogP contribution in [0.4, 0.5) is 4.39 Å². The van der Waals surface area contributed by atoms with E-state index >= 15 is 4.39 Å². The largest absolute Gasteiger partial charge is 0.381 e. The van der Waals surface area contributed by atoms with Gasteiger partial charge in [-0.2, -0.15) is 0 Å². The van der Waals surface area contributed by atoms with Gasteiger partial charge in [0.15, 0.2) is 5.82 Å². The van der Waals surface area contributed by atoms with Gasteiger partial charge in [-0.3, -0.25) is 4.79 Å². The predicted molar refractivity (Wildman–Crippen MR) is 94.3 cm³/mol. The summed E-state index contributed by atoms with van der Waals surface area (Å²) in [5, 5.41) is 1.80. The lowest BCUT2D eigenvalue weighted by Crippen LogP contribution is -2.20. The van der Waals surface area contributed by atoms with E-state index in [4.69, 9.17) is 10.5 Å². The minimum Gasteiger partial charge on any atom is -0.381 e. The molecular formula is C18H18ClFN2O2. The monoisotopic (exact) mass is 348 g/mol. The molecule has 1 aromatic heterocycles. The average Bonchev–Trinajstić information content (AvgIpc) is 2.91. The first kappa shape index (κ1) is 16.7. The van der Waals surface area contributed by atoms with E-state index in [0.29, 0.717) is 18.7 Å². The van der Waals surface area contributed by atoms with Gasteiger partial charge in [-0.15, -0.1) is 12.4 Å². The fourth-order valence-electron chi connectivity index (χ4n) is 3.56. The van der Waals surface area contributed by atoms with Gasteiger partial charge >= 0.3 is 0 Å². The van der Waals surface area contributed by atoms with Crippen LogP contribution in [0.2, 0.25) is 0 Å². The molecule has 1 saturated heterocycles. The molecule has 6 heteroatoms. The zero-order chi connectivity index (χ0) is 16.0. The molecular weight excluding hydrogens is 331 g/mol. The Morgan fingerprint density at radius 2 is 1.83 bits per heavy atom. The molecule has 0 spiro atoms. The lowest BCUT2D eigenvalue weighted by Gasteiger charge is -2.25. The smallest absolute Gasteiger partial charge is 0.251 e. The van der Waals surface area contributed by atoms with Crippen LogP contribution in [0.3, 0.4) is 0 Å². The summed E-state index contributed by atoms with van der Waals surface area (Å²) in [6.07, 6.45) is 1.65. The van der Waals surface area contributed by atoms with Crippen LogP contribution in [-0.4, -0.2) is 23.7 Å². The number of para-hydroxylation sites is 1. The van der Waals surface area contributed by atoms with E-state index in [9.17, 15) is 4.79 Å². The average molecular weight is 349 g/mol. The Morgan fingerprint density at radius 3 is 2.54 bits per heavy atom. The molecule has 4 nitrogen and oxygen atoms in total. The van der Waals surface area contributed by atoms with Crippen molar-refractivity contribution in [2.45, 2.75) is 18.9 Å². The summed E-state index contributed by atoms with van der Waals surface area (Å²) in [7, 11) is 0. The van der Waals surface area contributed by atoms with Crippen LogP contribution in [0.1, 0.15) is 29.2 Å². The summed E-state index contributed by atoms with van der Waals surface area (Å²) in [6, 6.07) is 11.3. The van der Waals surface area contributed by atoms with E-state index in [-0.39, 0.29) is 24.0 Å². The van der Waals surface area contributed by atoms with Gasteiger partial charge < -0.3 is 15.0 Å². The third-order valence-corrected chi connectivity index (χ3v) is 4.63. The third-order valence-electron chi connectivity index (χ3n) is 4.63. The van der Waals surface area contributed by atoms with Crippen molar-refractivity contribution in [3.63, 3.8) is 0 Å². The van der Waals surface area contributed by atoms with Gasteiger partial charge in [0.25, 0.3) is 5.91 Å². The van der Waals surface area contributed by atoms with Gasteiger partial charge in [-0.05, 0) is 25.0 Å². The highest BCUT2D eigenvalue weighted by atomic mass is 35.5. The number of rotatable bonds is 2. The normalized spacial score (nSPS) is 15.5. The van der Waals surface area contributed by atoms with Crippen LogP contribution in [0.15, 0.2) is 36.4 Å². The van der Waals surface area contributed by atoms with Gasteiger partial charge in [0.2, 0.25) is 0 Å². The van der Waals surface area contributed by atoms with Crippen molar-refractivity contribution in [1.82, 2.24) is 4.57 Å². The number of primary amides is 1. The Morgan fingerprint density at radius 1 is 1.12 bits per heavy atom. The standard InChI is InChI=1S/C18H17FN2O2.ClH/c19-16-14(18(20)22)6-5-13-12-3-1-2-4-15(12)21(17(13)16)11-7-9-23-10-8-11;/h1-6,11H,7-10H2,(H2,20,22);1H. The zero-order valence-corrected chi connectivity index (χ0v) is 13.8. The number of nitrogens with two attached hydrogens (primary N) is 1. The number of hydrogen-bond acceptors (Lipinski definition) is 2. The summed E-state index contributed by atoms with van der Waals surface area (Å²) in [6.45, 7) is 1.32. The first-order valence-corrected chi connectivity index (χ1v) is 7.77. The van der Waals surface area contributed by atoms with Crippen molar-refractivity contribution < 1.29 is 13.9 Å². The summed E-state index contributed by atoms with van der Waals surface area (Å²) >= 11 is 0.